The zero-order valence-corrected chi connectivity index (χ0v) is 19.7. The highest BCUT2D eigenvalue weighted by atomic mass is 32.2. The zero-order valence-electron chi connectivity index (χ0n) is 18.8. The van der Waals surface area contributed by atoms with Crippen molar-refractivity contribution in [2.45, 2.75) is 39.7 Å². The van der Waals surface area contributed by atoms with Gasteiger partial charge in [0.1, 0.15) is 0 Å². The van der Waals surface area contributed by atoms with Crippen LogP contribution >= 0.6 is 0 Å². The first-order valence-electron chi connectivity index (χ1n) is 10.9. The Morgan fingerprint density at radius 2 is 1.68 bits per heavy atom. The predicted molar refractivity (Wildman–Crippen MR) is 127 cm³/mol. The number of benzene rings is 2. The number of nitrogens with one attached hydrogen (secondary N) is 1. The molecule has 0 aliphatic carbocycles. The van der Waals surface area contributed by atoms with E-state index in [4.69, 9.17) is 0 Å². The second kappa shape index (κ2) is 9.73. The van der Waals surface area contributed by atoms with E-state index in [0.717, 1.165) is 24.6 Å². The van der Waals surface area contributed by atoms with Crippen LogP contribution in [0.25, 0.3) is 0 Å². The maximum atomic E-state index is 12.7. The van der Waals surface area contributed by atoms with Crippen LogP contribution in [0.4, 0.5) is 11.4 Å². The van der Waals surface area contributed by atoms with E-state index in [9.17, 15) is 13.2 Å². The smallest absolute Gasteiger partial charge is 0.251 e. The van der Waals surface area contributed by atoms with E-state index in [2.05, 4.69) is 41.4 Å². The fourth-order valence-corrected chi connectivity index (χ4v) is 4.97. The molecule has 1 aliphatic rings. The van der Waals surface area contributed by atoms with E-state index in [-0.39, 0.29) is 11.9 Å². The average Bonchev–Trinajstić information content (AvgIpc) is 2.74. The highest BCUT2D eigenvalue weighted by molar-refractivity contribution is 7.92. The van der Waals surface area contributed by atoms with Crippen LogP contribution in [-0.2, 0) is 10.0 Å². The summed E-state index contributed by atoms with van der Waals surface area (Å²) in [6.45, 7) is 8.58. The van der Waals surface area contributed by atoms with Gasteiger partial charge in [-0.3, -0.25) is 9.10 Å². The Bertz CT molecular complexity index is 980. The molecule has 1 heterocycles. The van der Waals surface area contributed by atoms with Crippen molar-refractivity contribution in [3.8, 4) is 0 Å². The van der Waals surface area contributed by atoms with E-state index in [0.29, 0.717) is 17.8 Å². The van der Waals surface area contributed by atoms with Crippen LogP contribution in [0.5, 0.6) is 0 Å². The van der Waals surface area contributed by atoms with Gasteiger partial charge in [-0.05, 0) is 74.6 Å². The highest BCUT2D eigenvalue weighted by Gasteiger charge is 2.18. The minimum Gasteiger partial charge on any atom is -0.372 e. The van der Waals surface area contributed by atoms with Gasteiger partial charge < -0.3 is 10.2 Å². The van der Waals surface area contributed by atoms with Gasteiger partial charge in [0, 0.05) is 30.9 Å². The summed E-state index contributed by atoms with van der Waals surface area (Å²) in [6, 6.07) is 14.9. The molecule has 31 heavy (non-hydrogen) atoms. The molecule has 1 aliphatic heterocycles. The largest absolute Gasteiger partial charge is 0.372 e. The molecule has 3 rings (SSSR count). The molecule has 6 nitrogen and oxygen atoms in total. The number of sulfonamides is 1. The monoisotopic (exact) mass is 443 g/mol. The second-order valence-electron chi connectivity index (χ2n) is 8.43. The van der Waals surface area contributed by atoms with Gasteiger partial charge in [-0.1, -0.05) is 19.1 Å². The summed E-state index contributed by atoms with van der Waals surface area (Å²) in [7, 11) is -3.34. The van der Waals surface area contributed by atoms with E-state index in [1.807, 2.05) is 6.92 Å². The Balaban J connectivity index is 1.62. The summed E-state index contributed by atoms with van der Waals surface area (Å²) in [4.78, 5) is 15.1. The fourth-order valence-electron chi connectivity index (χ4n) is 3.99. The highest BCUT2D eigenvalue weighted by Crippen LogP contribution is 2.25. The van der Waals surface area contributed by atoms with Gasteiger partial charge in [0.05, 0.1) is 18.0 Å². The molecule has 2 aromatic carbocycles. The lowest BCUT2D eigenvalue weighted by Crippen LogP contribution is -2.32. The molecular formula is C24H33N3O3S. The minimum atomic E-state index is -3.34. The molecular weight excluding hydrogens is 410 g/mol. The Labute approximate surface area is 186 Å². The maximum absolute atomic E-state index is 12.7. The van der Waals surface area contributed by atoms with Crippen molar-refractivity contribution in [3.05, 3.63) is 59.7 Å². The van der Waals surface area contributed by atoms with Gasteiger partial charge in [0.25, 0.3) is 5.91 Å². The van der Waals surface area contributed by atoms with Crippen LogP contribution in [0.15, 0.2) is 48.5 Å². The topological polar surface area (TPSA) is 69.7 Å². The van der Waals surface area contributed by atoms with Crippen molar-refractivity contribution in [2.24, 2.45) is 5.92 Å². The second-order valence-corrected chi connectivity index (χ2v) is 10.3. The average molecular weight is 444 g/mol. The number of carbonyl (C=O) groups excluding carboxylic acids is 1. The van der Waals surface area contributed by atoms with Gasteiger partial charge in [0.15, 0.2) is 0 Å². The van der Waals surface area contributed by atoms with E-state index < -0.39 is 10.0 Å². The summed E-state index contributed by atoms with van der Waals surface area (Å²) >= 11 is 0. The normalized spacial score (nSPS) is 16.1. The van der Waals surface area contributed by atoms with Crippen LogP contribution in [0.3, 0.4) is 0 Å². The summed E-state index contributed by atoms with van der Waals surface area (Å²) in [5.74, 6) is 0.617. The van der Waals surface area contributed by atoms with Crippen LogP contribution in [0, 0.1) is 5.92 Å². The van der Waals surface area contributed by atoms with Crippen LogP contribution in [0.2, 0.25) is 0 Å². The Morgan fingerprint density at radius 3 is 2.19 bits per heavy atom. The third-order valence-corrected chi connectivity index (χ3v) is 7.26. The summed E-state index contributed by atoms with van der Waals surface area (Å²) < 4.78 is 25.0. The molecule has 168 valence electrons. The number of rotatable bonds is 7. The van der Waals surface area contributed by atoms with Gasteiger partial charge in [-0.25, -0.2) is 8.42 Å². The van der Waals surface area contributed by atoms with Crippen LogP contribution < -0.4 is 14.5 Å². The zero-order chi connectivity index (χ0) is 22.6. The first-order valence-corrected chi connectivity index (χ1v) is 12.8. The number of nitrogens with zero attached hydrogens (tertiary/aromatic N) is 2. The van der Waals surface area contributed by atoms with Gasteiger partial charge in [0.2, 0.25) is 10.0 Å². The molecule has 1 amide bonds. The molecule has 1 atom stereocenters. The van der Waals surface area contributed by atoms with Crippen molar-refractivity contribution in [2.75, 3.05) is 35.1 Å². The first-order chi connectivity index (χ1) is 14.7. The number of hydrogen-bond acceptors (Lipinski definition) is 4. The standard InChI is InChI=1S/C24H33N3O3S/c1-5-27(31(4,29)30)23-12-8-21(9-13-23)24(28)25-19(3)20-6-10-22(11-7-20)26-16-14-18(2)15-17-26/h6-13,18-19H,5,14-17H2,1-4H3,(H,25,28). The number of amides is 1. The first kappa shape index (κ1) is 23.1. The number of hydrogen-bond donors (Lipinski definition) is 1. The lowest BCUT2D eigenvalue weighted by atomic mass is 9.98. The quantitative estimate of drug-likeness (QED) is 0.696. The van der Waals surface area contributed by atoms with E-state index in [1.165, 1.54) is 29.1 Å². The van der Waals surface area contributed by atoms with Crippen molar-refractivity contribution in [1.82, 2.24) is 5.32 Å². The molecule has 0 radical (unpaired) electrons. The van der Waals surface area contributed by atoms with Crippen molar-refractivity contribution in [1.29, 1.82) is 0 Å². The summed E-state index contributed by atoms with van der Waals surface area (Å²) in [5.41, 5.74) is 3.33. The van der Waals surface area contributed by atoms with Gasteiger partial charge >= 0.3 is 0 Å². The van der Waals surface area contributed by atoms with Gasteiger partial charge in [-0.2, -0.15) is 0 Å². The Kier molecular flexibility index (Phi) is 7.26. The third kappa shape index (κ3) is 5.79. The Hall–Kier alpha value is -2.54. The SMILES string of the molecule is CCN(c1ccc(C(=O)NC(C)c2ccc(N3CCC(C)CC3)cc2)cc1)S(C)(=O)=O. The van der Waals surface area contributed by atoms with E-state index in [1.54, 1.807) is 31.2 Å². The van der Waals surface area contributed by atoms with Crippen molar-refractivity contribution >= 4 is 27.3 Å². The van der Waals surface area contributed by atoms with Crippen LogP contribution in [-0.4, -0.2) is 40.2 Å². The lowest BCUT2D eigenvalue weighted by Gasteiger charge is -2.32. The molecule has 0 aromatic heterocycles. The fraction of sp³-hybridized carbons (Fsp3) is 0.458. The van der Waals surface area contributed by atoms with Crippen LogP contribution in [0.1, 0.15) is 55.6 Å². The summed E-state index contributed by atoms with van der Waals surface area (Å²) in [6.07, 6.45) is 3.64. The number of piperidine rings is 1. The molecule has 2 aromatic rings. The lowest BCUT2D eigenvalue weighted by molar-refractivity contribution is 0.0940. The minimum absolute atomic E-state index is 0.134. The predicted octanol–water partition coefficient (Wildman–Crippen LogP) is 4.20. The third-order valence-electron chi connectivity index (χ3n) is 5.99. The molecule has 1 N–H and O–H groups in total. The Morgan fingerprint density at radius 1 is 1.10 bits per heavy atom. The van der Waals surface area contributed by atoms with E-state index >= 15 is 0 Å². The van der Waals surface area contributed by atoms with Gasteiger partial charge in [-0.15, -0.1) is 0 Å². The number of anilines is 2. The molecule has 0 spiro atoms. The molecule has 1 unspecified atom stereocenters. The van der Waals surface area contributed by atoms with Crippen molar-refractivity contribution < 1.29 is 13.2 Å². The molecule has 0 bridgehead atoms. The maximum Gasteiger partial charge on any atom is 0.251 e. The molecule has 0 saturated carbocycles. The summed E-state index contributed by atoms with van der Waals surface area (Å²) in [5, 5.41) is 3.03. The molecule has 1 saturated heterocycles. The van der Waals surface area contributed by atoms with Crippen molar-refractivity contribution in [3.63, 3.8) is 0 Å². The number of carbonyl (C=O) groups is 1. The molecule has 7 heteroatoms. The molecule has 1 fully saturated rings.